The number of aliphatic hydroxyl groups excluding tert-OH is 1. The van der Waals surface area contributed by atoms with E-state index in [1.807, 2.05) is 32.0 Å². The molecule has 9 nitrogen and oxygen atoms in total. The Labute approximate surface area is 211 Å². The molecule has 5 N–H and O–H groups in total. The average Bonchev–Trinajstić information content (AvgIpc) is 2.82. The largest absolute Gasteiger partial charge is 0.507 e. The molecular formula is C27H35N7O2. The molecule has 9 heteroatoms. The van der Waals surface area contributed by atoms with Crippen molar-refractivity contribution in [2.45, 2.75) is 52.7 Å². The van der Waals surface area contributed by atoms with Gasteiger partial charge in [-0.2, -0.15) is 0 Å². The number of carbonyl (C=O) groups is 1. The van der Waals surface area contributed by atoms with Gasteiger partial charge in [0.05, 0.1) is 16.8 Å². The highest BCUT2D eigenvalue weighted by Crippen LogP contribution is 2.32. The lowest BCUT2D eigenvalue weighted by Gasteiger charge is -2.37. The van der Waals surface area contributed by atoms with Crippen molar-refractivity contribution in [2.24, 2.45) is 0 Å². The molecule has 1 saturated heterocycles. The molecule has 2 unspecified atom stereocenters. The third-order valence-electron chi connectivity index (χ3n) is 6.35. The van der Waals surface area contributed by atoms with Crippen LogP contribution in [0.15, 0.2) is 47.4 Å². The third kappa shape index (κ3) is 4.97. The molecule has 0 bridgehead atoms. The maximum atomic E-state index is 13.3. The van der Waals surface area contributed by atoms with Crippen molar-refractivity contribution in [3.63, 3.8) is 0 Å². The van der Waals surface area contributed by atoms with Crippen molar-refractivity contribution in [3.8, 4) is 0 Å². The van der Waals surface area contributed by atoms with E-state index in [2.05, 4.69) is 39.7 Å². The first-order valence-electron chi connectivity index (χ1n) is 12.3. The zero-order valence-electron chi connectivity index (χ0n) is 21.7. The summed E-state index contributed by atoms with van der Waals surface area (Å²) in [5.74, 6) is -0.128. The standard InChI is InChI=1S/C27H35N7O2/c1-14(2)30-27(36)24-20-10-19(34-12-15(3)31-16(4)13-34)7-8-22(20)32-26(33-24)21-9-18(11-29-6)23(28)17(5)25(21)35/h7-11,14-16,28-29,31,35H,12-13H2,1-6H3,(H,30,36)/b18-11-,28-23?. The number of rotatable bonds is 5. The van der Waals surface area contributed by atoms with Crippen molar-refractivity contribution < 1.29 is 9.90 Å². The quantitative estimate of drug-likeness (QED) is 0.436. The monoisotopic (exact) mass is 489 g/mol. The second-order valence-electron chi connectivity index (χ2n) is 9.89. The van der Waals surface area contributed by atoms with Gasteiger partial charge in [0.1, 0.15) is 11.5 Å². The van der Waals surface area contributed by atoms with Crippen molar-refractivity contribution in [1.29, 1.82) is 5.41 Å². The van der Waals surface area contributed by atoms with Gasteiger partial charge in [-0.3, -0.25) is 10.2 Å². The van der Waals surface area contributed by atoms with Gasteiger partial charge in [0.2, 0.25) is 0 Å². The molecule has 2 atom stereocenters. The van der Waals surface area contributed by atoms with Gasteiger partial charge < -0.3 is 26.0 Å². The van der Waals surface area contributed by atoms with Gasteiger partial charge in [-0.1, -0.05) is 0 Å². The Morgan fingerprint density at radius 1 is 1.25 bits per heavy atom. The van der Waals surface area contributed by atoms with E-state index in [9.17, 15) is 9.90 Å². The number of amides is 1. The molecule has 190 valence electrons. The molecule has 36 heavy (non-hydrogen) atoms. The number of benzene rings is 1. The normalized spacial score (nSPS) is 21.9. The van der Waals surface area contributed by atoms with Crippen LogP contribution in [-0.4, -0.2) is 65.0 Å². The van der Waals surface area contributed by atoms with E-state index in [0.29, 0.717) is 39.7 Å². The lowest BCUT2D eigenvalue weighted by molar-refractivity contribution is 0.0939. The second kappa shape index (κ2) is 10.1. The second-order valence-corrected chi connectivity index (χ2v) is 9.89. The topological polar surface area (TPSA) is 126 Å². The highest BCUT2D eigenvalue weighted by Gasteiger charge is 2.26. The zero-order valence-corrected chi connectivity index (χ0v) is 21.7. The van der Waals surface area contributed by atoms with Gasteiger partial charge in [-0.15, -0.1) is 0 Å². The summed E-state index contributed by atoms with van der Waals surface area (Å²) in [5, 5.41) is 29.3. The number of carbonyl (C=O) groups excluding carboxylic acids is 1. The molecule has 1 fully saturated rings. The van der Waals surface area contributed by atoms with E-state index in [4.69, 9.17) is 10.4 Å². The van der Waals surface area contributed by atoms with Crippen LogP contribution in [0.1, 0.15) is 50.9 Å². The van der Waals surface area contributed by atoms with Gasteiger partial charge in [0, 0.05) is 66.7 Å². The molecule has 0 radical (unpaired) electrons. The van der Waals surface area contributed by atoms with Crippen molar-refractivity contribution in [1.82, 2.24) is 25.9 Å². The van der Waals surface area contributed by atoms with Crippen LogP contribution in [0.5, 0.6) is 0 Å². The molecule has 2 heterocycles. The van der Waals surface area contributed by atoms with Crippen LogP contribution >= 0.6 is 0 Å². The third-order valence-corrected chi connectivity index (χ3v) is 6.35. The van der Waals surface area contributed by atoms with Gasteiger partial charge >= 0.3 is 0 Å². The summed E-state index contributed by atoms with van der Waals surface area (Å²) >= 11 is 0. The predicted octanol–water partition coefficient (Wildman–Crippen LogP) is 3.31. The molecule has 2 aliphatic rings. The van der Waals surface area contributed by atoms with Crippen molar-refractivity contribution in [2.75, 3.05) is 25.0 Å². The fraction of sp³-hybridized carbons (Fsp3) is 0.407. The fourth-order valence-electron chi connectivity index (χ4n) is 4.75. The average molecular weight is 490 g/mol. The number of hydrogen-bond acceptors (Lipinski definition) is 8. The lowest BCUT2D eigenvalue weighted by Crippen LogP contribution is -2.54. The number of nitrogens with zero attached hydrogens (tertiary/aromatic N) is 3. The molecule has 1 amide bonds. The molecule has 1 aromatic carbocycles. The van der Waals surface area contributed by atoms with E-state index in [1.54, 1.807) is 26.2 Å². The smallest absolute Gasteiger partial charge is 0.270 e. The molecule has 4 rings (SSSR count). The van der Waals surface area contributed by atoms with Gasteiger partial charge in [0.25, 0.3) is 5.91 Å². The first-order valence-corrected chi connectivity index (χ1v) is 12.3. The first-order chi connectivity index (χ1) is 17.1. The van der Waals surface area contributed by atoms with Crippen molar-refractivity contribution >= 4 is 33.8 Å². The van der Waals surface area contributed by atoms with E-state index in [-0.39, 0.29) is 34.9 Å². The van der Waals surface area contributed by atoms with Crippen LogP contribution < -0.4 is 20.9 Å². The van der Waals surface area contributed by atoms with Crippen LogP contribution in [0.4, 0.5) is 5.69 Å². The van der Waals surface area contributed by atoms with Gasteiger partial charge in [-0.25, -0.2) is 9.97 Å². The van der Waals surface area contributed by atoms with Crippen LogP contribution in [0.3, 0.4) is 0 Å². The molecule has 1 aliphatic carbocycles. The number of aliphatic hydroxyl groups is 1. The highest BCUT2D eigenvalue weighted by molar-refractivity contribution is 6.17. The van der Waals surface area contributed by atoms with Crippen LogP contribution in [-0.2, 0) is 0 Å². The summed E-state index contributed by atoms with van der Waals surface area (Å²) in [6, 6.07) is 6.54. The Morgan fingerprint density at radius 2 is 1.94 bits per heavy atom. The van der Waals surface area contributed by atoms with Crippen LogP contribution in [0, 0.1) is 5.41 Å². The lowest BCUT2D eigenvalue weighted by atomic mass is 9.92. The fourth-order valence-corrected chi connectivity index (χ4v) is 4.75. The SMILES string of the molecule is CN/C=C1/C=C(c2nc(C(=O)NC(C)C)c3cc(N4CC(C)NC(C)C4)ccc3n2)C(O)=C(C)C1=N. The van der Waals surface area contributed by atoms with E-state index in [1.165, 1.54) is 0 Å². The highest BCUT2D eigenvalue weighted by atomic mass is 16.3. The number of nitrogens with one attached hydrogen (secondary N) is 4. The summed E-state index contributed by atoms with van der Waals surface area (Å²) in [7, 11) is 1.75. The summed E-state index contributed by atoms with van der Waals surface area (Å²) in [5.41, 5.74) is 3.49. The minimum Gasteiger partial charge on any atom is -0.507 e. The number of allylic oxidation sites excluding steroid dienone is 4. The van der Waals surface area contributed by atoms with E-state index >= 15 is 0 Å². The Kier molecular flexibility index (Phi) is 7.12. The summed E-state index contributed by atoms with van der Waals surface area (Å²) < 4.78 is 0. The number of hydrogen-bond donors (Lipinski definition) is 5. The van der Waals surface area contributed by atoms with Gasteiger partial charge in [0.15, 0.2) is 5.82 Å². The van der Waals surface area contributed by atoms with E-state index < -0.39 is 0 Å². The van der Waals surface area contributed by atoms with E-state index in [0.717, 1.165) is 18.8 Å². The molecule has 0 saturated carbocycles. The Bertz CT molecular complexity index is 1300. The summed E-state index contributed by atoms with van der Waals surface area (Å²) in [4.78, 5) is 25.0. The minimum absolute atomic E-state index is 0.0665. The maximum absolute atomic E-state index is 13.3. The maximum Gasteiger partial charge on any atom is 0.270 e. The number of piperazine rings is 1. The molecular weight excluding hydrogens is 454 g/mol. The Balaban J connectivity index is 1.88. The predicted molar refractivity (Wildman–Crippen MR) is 145 cm³/mol. The molecule has 0 spiro atoms. The van der Waals surface area contributed by atoms with Crippen LogP contribution in [0.25, 0.3) is 16.5 Å². The van der Waals surface area contributed by atoms with Crippen molar-refractivity contribution in [3.05, 3.63) is 58.9 Å². The summed E-state index contributed by atoms with van der Waals surface area (Å²) in [6.07, 6.45) is 3.36. The summed E-state index contributed by atoms with van der Waals surface area (Å²) in [6.45, 7) is 11.5. The zero-order chi connectivity index (χ0) is 26.1. The molecule has 2 aromatic rings. The van der Waals surface area contributed by atoms with Gasteiger partial charge in [-0.05, 0) is 58.9 Å². The number of fused-ring (bicyclic) bond motifs is 1. The number of aromatic nitrogens is 2. The Morgan fingerprint density at radius 3 is 2.58 bits per heavy atom. The minimum atomic E-state index is -0.298. The molecule has 1 aliphatic heterocycles. The first kappa shape index (κ1) is 25.4. The Hall–Kier alpha value is -3.72. The molecule has 1 aromatic heterocycles. The van der Waals surface area contributed by atoms with Crippen LogP contribution in [0.2, 0.25) is 0 Å². The number of anilines is 1.